The molecule has 3 heteroatoms. The first-order chi connectivity index (χ1) is 38.5. The molecule has 0 bridgehead atoms. The Kier molecular flexibility index (Phi) is 15.4. The van der Waals surface area contributed by atoms with E-state index < -0.39 is 0 Å². The molecule has 1 heterocycles. The van der Waals surface area contributed by atoms with E-state index >= 15 is 0 Å². The summed E-state index contributed by atoms with van der Waals surface area (Å²) >= 11 is 0. The molecule has 0 N–H and O–H groups in total. The van der Waals surface area contributed by atoms with Crippen LogP contribution in [0, 0.1) is 82.3 Å². The first-order valence-corrected chi connectivity index (χ1v) is 33.9. The third-order valence-corrected chi connectivity index (χ3v) is 25.3. The van der Waals surface area contributed by atoms with Gasteiger partial charge in [-0.3, -0.25) is 0 Å². The molecule has 14 rings (SSSR count). The molecule has 1 aliphatic heterocycles. The molecule has 17 unspecified atom stereocenters. The molecule has 5 saturated carbocycles. The molecule has 1 saturated heterocycles. The van der Waals surface area contributed by atoms with E-state index in [9.17, 15) is 0 Å². The van der Waals surface area contributed by atoms with Crippen LogP contribution in [0.2, 0.25) is 0 Å². The van der Waals surface area contributed by atoms with E-state index in [4.69, 9.17) is 4.74 Å². The van der Waals surface area contributed by atoms with Gasteiger partial charge in [-0.05, 0) is 282 Å². The van der Waals surface area contributed by atoms with Gasteiger partial charge in [0.1, 0.15) is 0 Å². The standard InChI is InChI=1S/C75H102N2O/c1-3-51-23-27-54(28-24-51)57-32-45-73-69(48-57)70-49-58(33-46-74(70)77(73)61-19-9-6-10-20-61)55-29-36-62(37-30-55)76(63-38-31-53-15-11-12-16-56(53)47-63)64-39-44-68-67-21-13-14-22-71(67)75(72(68)50-64,59-17-7-5-8-18-59)60-34-42-66(43-35-60)78-65-40-25-52(4-2)26-41-65/h3-4,6,9,11,14-15,17,22-23,27-28,34,36,42,45,51-53,55-58,61,63-65,67-72,74H,1-2,5,7-8,10,12-13,16,18-21,24-26,29-33,35,37-41,43-44,46-50H2. The van der Waals surface area contributed by atoms with Crippen molar-refractivity contribution in [2.45, 2.75) is 236 Å². The highest BCUT2D eigenvalue weighted by molar-refractivity contribution is 5.43. The van der Waals surface area contributed by atoms with E-state index in [0.717, 1.165) is 72.1 Å². The van der Waals surface area contributed by atoms with Crippen LogP contribution in [0.1, 0.15) is 205 Å². The second-order valence-electron chi connectivity index (χ2n) is 28.8. The first-order valence-electron chi connectivity index (χ1n) is 33.9. The zero-order chi connectivity index (χ0) is 52.2. The summed E-state index contributed by atoms with van der Waals surface area (Å²) in [5.41, 5.74) is 9.09. The normalized spacial score (nSPS) is 43.9. The van der Waals surface area contributed by atoms with Crippen LogP contribution in [0.5, 0.6) is 0 Å². The predicted octanol–water partition coefficient (Wildman–Crippen LogP) is 19.1. The third-order valence-electron chi connectivity index (χ3n) is 25.3. The van der Waals surface area contributed by atoms with Gasteiger partial charge < -0.3 is 14.5 Å². The molecular weight excluding hydrogens is 945 g/mol. The van der Waals surface area contributed by atoms with Gasteiger partial charge in [0.15, 0.2) is 0 Å². The van der Waals surface area contributed by atoms with Gasteiger partial charge >= 0.3 is 0 Å². The smallest absolute Gasteiger partial charge is 0.0983 e. The van der Waals surface area contributed by atoms with Gasteiger partial charge in [0.25, 0.3) is 0 Å². The van der Waals surface area contributed by atoms with Crippen LogP contribution in [-0.2, 0) is 4.74 Å². The highest BCUT2D eigenvalue weighted by Gasteiger charge is 2.63. The first kappa shape index (κ1) is 52.4. The fraction of sp³-hybridized carbons (Fsp3) is 0.680. The maximum Gasteiger partial charge on any atom is 0.0983 e. The monoisotopic (exact) mass is 1050 g/mol. The quantitative estimate of drug-likeness (QED) is 0.181. The second kappa shape index (κ2) is 22.9. The number of hydrogen-bond acceptors (Lipinski definition) is 3. The van der Waals surface area contributed by atoms with Crippen molar-refractivity contribution >= 4 is 0 Å². The van der Waals surface area contributed by atoms with Crippen molar-refractivity contribution in [2.75, 3.05) is 0 Å². The summed E-state index contributed by atoms with van der Waals surface area (Å²) in [5.74, 6) is 11.2. The van der Waals surface area contributed by atoms with Crippen molar-refractivity contribution in [1.82, 2.24) is 9.80 Å². The largest absolute Gasteiger partial charge is 0.495 e. The minimum Gasteiger partial charge on any atom is -0.495 e. The SMILES string of the molecule is C=CC1C=CC(C2CC=C3C(C2)C2CC(C4CC=C(N(C5CCC6C=CCCC6C5)C5CCC6C7CCC=CC7C(C7=CCCCC7)(C7=CC=C(OC8CCC(C=C)CC8)CC7)C6C5)CC4)CCC2N3C2CC=CCC2)=CC1. The van der Waals surface area contributed by atoms with Crippen molar-refractivity contribution in [1.29, 1.82) is 0 Å². The Morgan fingerprint density at radius 2 is 1.46 bits per heavy atom. The van der Waals surface area contributed by atoms with Gasteiger partial charge in [0, 0.05) is 53.3 Å². The van der Waals surface area contributed by atoms with Crippen LogP contribution in [0.4, 0.5) is 0 Å². The molecule has 78 heavy (non-hydrogen) atoms. The molecular formula is C75H102N2O. The van der Waals surface area contributed by atoms with Crippen LogP contribution < -0.4 is 0 Å². The Morgan fingerprint density at radius 1 is 0.577 bits per heavy atom. The molecule has 0 radical (unpaired) electrons. The summed E-state index contributed by atoms with van der Waals surface area (Å²) in [6.07, 6.45) is 84.0. The zero-order valence-corrected chi connectivity index (χ0v) is 48.5. The maximum absolute atomic E-state index is 6.92. The maximum atomic E-state index is 6.92. The molecule has 17 atom stereocenters. The number of ether oxygens (including phenoxy) is 1. The Morgan fingerprint density at radius 3 is 2.26 bits per heavy atom. The van der Waals surface area contributed by atoms with Gasteiger partial charge in [0.05, 0.1) is 11.9 Å². The summed E-state index contributed by atoms with van der Waals surface area (Å²) < 4.78 is 6.92. The van der Waals surface area contributed by atoms with Gasteiger partial charge in [-0.25, -0.2) is 0 Å². The van der Waals surface area contributed by atoms with Crippen LogP contribution in [0.15, 0.2) is 144 Å². The van der Waals surface area contributed by atoms with E-state index in [-0.39, 0.29) is 5.41 Å². The Bertz CT molecular complexity index is 2530. The highest BCUT2D eigenvalue weighted by Crippen LogP contribution is 2.70. The van der Waals surface area contributed by atoms with Gasteiger partial charge in [0.2, 0.25) is 0 Å². The molecule has 0 amide bonds. The minimum absolute atomic E-state index is 0.174. The fourth-order valence-corrected chi connectivity index (χ4v) is 21.7. The van der Waals surface area contributed by atoms with Crippen molar-refractivity contribution in [3.05, 3.63) is 144 Å². The second-order valence-corrected chi connectivity index (χ2v) is 28.8. The molecule has 13 aliphatic carbocycles. The van der Waals surface area contributed by atoms with Gasteiger partial charge in [-0.15, -0.1) is 13.2 Å². The number of allylic oxidation sites excluding steroid dienone is 21. The Labute approximate surface area is 474 Å². The van der Waals surface area contributed by atoms with E-state index in [2.05, 4.69) is 120 Å². The zero-order valence-electron chi connectivity index (χ0n) is 48.5. The average molecular weight is 1050 g/mol. The van der Waals surface area contributed by atoms with Crippen molar-refractivity contribution in [3.63, 3.8) is 0 Å². The lowest BCUT2D eigenvalue weighted by atomic mass is 9.55. The number of likely N-dealkylation sites (tertiary alicyclic amines) is 1. The number of fused-ring (bicyclic) bond motifs is 7. The van der Waals surface area contributed by atoms with Crippen LogP contribution >= 0.6 is 0 Å². The van der Waals surface area contributed by atoms with Crippen molar-refractivity contribution < 1.29 is 4.74 Å². The van der Waals surface area contributed by atoms with Gasteiger partial charge in [-0.2, -0.15) is 0 Å². The van der Waals surface area contributed by atoms with Gasteiger partial charge in [-0.1, -0.05) is 102 Å². The molecule has 0 aromatic rings. The average Bonchev–Trinajstić information content (AvgIpc) is 4.19. The van der Waals surface area contributed by atoms with E-state index in [1.54, 1.807) is 16.8 Å². The van der Waals surface area contributed by atoms with Crippen molar-refractivity contribution in [3.8, 4) is 0 Å². The number of nitrogens with zero attached hydrogens (tertiary/aromatic N) is 2. The number of hydrogen-bond donors (Lipinski definition) is 0. The summed E-state index contributed by atoms with van der Waals surface area (Å²) in [6, 6.07) is 2.85. The van der Waals surface area contributed by atoms with Crippen LogP contribution in [0.25, 0.3) is 0 Å². The molecule has 0 spiro atoms. The molecule has 6 fully saturated rings. The lowest BCUT2D eigenvalue weighted by Gasteiger charge is -2.53. The lowest BCUT2D eigenvalue weighted by molar-refractivity contribution is 0.0333. The molecule has 418 valence electrons. The Balaban J connectivity index is 0.743. The molecule has 3 nitrogen and oxygen atoms in total. The fourth-order valence-electron chi connectivity index (χ4n) is 21.7. The molecule has 0 aromatic heterocycles. The summed E-state index contributed by atoms with van der Waals surface area (Å²) in [4.78, 5) is 6.38. The van der Waals surface area contributed by atoms with E-state index in [1.807, 2.05) is 11.3 Å². The lowest BCUT2D eigenvalue weighted by Crippen LogP contribution is -2.51. The molecule has 14 aliphatic rings. The minimum atomic E-state index is 0.174. The van der Waals surface area contributed by atoms with E-state index in [1.165, 1.54) is 198 Å². The summed E-state index contributed by atoms with van der Waals surface area (Å²) in [6.45, 7) is 8.26. The van der Waals surface area contributed by atoms with E-state index in [0.29, 0.717) is 47.9 Å². The Hall–Kier alpha value is -3.72. The molecule has 0 aromatic carbocycles. The number of rotatable bonds is 12. The summed E-state index contributed by atoms with van der Waals surface area (Å²) in [5, 5.41) is 0. The van der Waals surface area contributed by atoms with Crippen LogP contribution in [0.3, 0.4) is 0 Å². The predicted molar refractivity (Wildman–Crippen MR) is 325 cm³/mol. The van der Waals surface area contributed by atoms with Crippen molar-refractivity contribution in [2.24, 2.45) is 82.3 Å². The topological polar surface area (TPSA) is 15.7 Å². The highest BCUT2D eigenvalue weighted by atomic mass is 16.5. The van der Waals surface area contributed by atoms with Crippen LogP contribution in [-0.4, -0.2) is 40.1 Å². The third kappa shape index (κ3) is 9.73. The summed E-state index contributed by atoms with van der Waals surface area (Å²) in [7, 11) is 0.